The Morgan fingerprint density at radius 3 is 2.74 bits per heavy atom. The molecule has 200 valence electrons. The van der Waals surface area contributed by atoms with E-state index in [9.17, 15) is 18.0 Å². The molecule has 2 aliphatic heterocycles. The minimum Gasteiger partial charge on any atom is -0.488 e. The first-order valence-electron chi connectivity index (χ1n) is 11.9. The largest absolute Gasteiger partial charge is 0.488 e. The molecule has 0 saturated carbocycles. The van der Waals surface area contributed by atoms with Crippen molar-refractivity contribution in [3.8, 4) is 22.9 Å². The molecule has 4 heterocycles. The molecule has 1 saturated heterocycles. The predicted octanol–water partition coefficient (Wildman–Crippen LogP) is 5.12. The van der Waals surface area contributed by atoms with Gasteiger partial charge in [0.25, 0.3) is 0 Å². The van der Waals surface area contributed by atoms with Crippen molar-refractivity contribution in [2.24, 2.45) is 0 Å². The molecule has 1 N–H and O–H groups in total. The Hall–Kier alpha value is -3.90. The molecule has 0 radical (unpaired) electrons. The SMILES string of the molecule is CC1(C)OCC(COc2cccc(NC(=O)N3CCOc4ccc(-c5cccc(C(F)(F)F)c5)nc43)n2)O1. The van der Waals surface area contributed by atoms with Crippen LogP contribution in [0.2, 0.25) is 0 Å². The molecule has 1 fully saturated rings. The topological polar surface area (TPSA) is 95.0 Å². The van der Waals surface area contributed by atoms with E-state index in [-0.39, 0.29) is 48.8 Å². The summed E-state index contributed by atoms with van der Waals surface area (Å²) in [6, 6.07) is 12.4. The van der Waals surface area contributed by atoms with E-state index in [0.29, 0.717) is 18.2 Å². The van der Waals surface area contributed by atoms with Crippen molar-refractivity contribution in [1.29, 1.82) is 0 Å². The Kier molecular flexibility index (Phi) is 6.84. The van der Waals surface area contributed by atoms with Crippen LogP contribution in [0.5, 0.6) is 11.6 Å². The number of carbonyl (C=O) groups excluding carboxylic acids is 1. The number of rotatable bonds is 5. The summed E-state index contributed by atoms with van der Waals surface area (Å²) in [5.74, 6) is 0.411. The fourth-order valence-corrected chi connectivity index (χ4v) is 4.07. The number of aromatic nitrogens is 2. The first-order valence-corrected chi connectivity index (χ1v) is 11.9. The van der Waals surface area contributed by atoms with Gasteiger partial charge >= 0.3 is 12.2 Å². The molecular weight excluding hydrogens is 505 g/mol. The number of carbonyl (C=O) groups is 1. The number of hydrogen-bond donors (Lipinski definition) is 1. The smallest absolute Gasteiger partial charge is 0.416 e. The van der Waals surface area contributed by atoms with Gasteiger partial charge in [0.05, 0.1) is 24.4 Å². The van der Waals surface area contributed by atoms with E-state index in [1.165, 1.54) is 17.0 Å². The maximum Gasteiger partial charge on any atom is 0.416 e. The molecule has 1 unspecified atom stereocenters. The number of alkyl halides is 3. The van der Waals surface area contributed by atoms with Crippen LogP contribution in [-0.2, 0) is 15.7 Å². The molecular formula is C26H25F3N4O5. The summed E-state index contributed by atoms with van der Waals surface area (Å²) in [6.45, 7) is 4.68. The van der Waals surface area contributed by atoms with Gasteiger partial charge in [0, 0.05) is 11.6 Å². The molecule has 0 bridgehead atoms. The quantitative estimate of drug-likeness (QED) is 0.489. The maximum absolute atomic E-state index is 13.2. The molecule has 2 aliphatic rings. The zero-order valence-electron chi connectivity index (χ0n) is 20.6. The lowest BCUT2D eigenvalue weighted by Crippen LogP contribution is -2.41. The van der Waals surface area contributed by atoms with E-state index in [1.807, 2.05) is 13.8 Å². The summed E-state index contributed by atoms with van der Waals surface area (Å²) in [4.78, 5) is 23.3. The lowest BCUT2D eigenvalue weighted by molar-refractivity contribution is -0.141. The van der Waals surface area contributed by atoms with Gasteiger partial charge in [-0.15, -0.1) is 0 Å². The van der Waals surface area contributed by atoms with Gasteiger partial charge in [0.15, 0.2) is 17.4 Å². The van der Waals surface area contributed by atoms with E-state index in [0.717, 1.165) is 12.1 Å². The molecule has 5 rings (SSSR count). The van der Waals surface area contributed by atoms with Crippen molar-refractivity contribution in [3.05, 3.63) is 60.2 Å². The second-order valence-electron chi connectivity index (χ2n) is 9.15. The fourth-order valence-electron chi connectivity index (χ4n) is 4.07. The predicted molar refractivity (Wildman–Crippen MR) is 131 cm³/mol. The highest BCUT2D eigenvalue weighted by molar-refractivity contribution is 6.02. The summed E-state index contributed by atoms with van der Waals surface area (Å²) < 4.78 is 62.1. The molecule has 0 aliphatic carbocycles. The average molecular weight is 531 g/mol. The number of urea groups is 1. The third kappa shape index (κ3) is 5.81. The number of amides is 2. The number of anilines is 2. The molecule has 0 spiro atoms. The molecule has 2 aromatic heterocycles. The van der Waals surface area contributed by atoms with Crippen LogP contribution in [-0.4, -0.2) is 54.3 Å². The number of ether oxygens (including phenoxy) is 4. The van der Waals surface area contributed by atoms with Gasteiger partial charge in [-0.3, -0.25) is 10.2 Å². The van der Waals surface area contributed by atoms with Crippen molar-refractivity contribution in [1.82, 2.24) is 9.97 Å². The van der Waals surface area contributed by atoms with Gasteiger partial charge in [-0.05, 0) is 44.2 Å². The first kappa shape index (κ1) is 25.7. The molecule has 1 aromatic carbocycles. The number of benzene rings is 1. The van der Waals surface area contributed by atoms with Gasteiger partial charge in [-0.2, -0.15) is 18.2 Å². The standard InChI is InChI=1S/C26H25F3N4O5/c1-25(2)37-15-18(38-25)14-36-22-8-4-7-21(31-22)32-24(34)33-11-12-35-20-10-9-19(30-23(20)33)16-5-3-6-17(13-16)26(27,28)29/h3-10,13,18H,11-12,14-15H2,1-2H3,(H,31,32,34). The van der Waals surface area contributed by atoms with Crippen molar-refractivity contribution in [2.75, 3.05) is 36.6 Å². The summed E-state index contributed by atoms with van der Waals surface area (Å²) in [5, 5.41) is 2.72. The van der Waals surface area contributed by atoms with Crippen LogP contribution in [0.3, 0.4) is 0 Å². The fraction of sp³-hybridized carbons (Fsp3) is 0.346. The van der Waals surface area contributed by atoms with Crippen molar-refractivity contribution >= 4 is 17.7 Å². The number of nitrogens with one attached hydrogen (secondary N) is 1. The van der Waals surface area contributed by atoms with Gasteiger partial charge in [-0.1, -0.05) is 18.2 Å². The van der Waals surface area contributed by atoms with Crippen LogP contribution < -0.4 is 19.7 Å². The first-order chi connectivity index (χ1) is 18.1. The van der Waals surface area contributed by atoms with Crippen LogP contribution >= 0.6 is 0 Å². The lowest BCUT2D eigenvalue weighted by Gasteiger charge is -2.28. The van der Waals surface area contributed by atoms with Crippen LogP contribution in [0.4, 0.5) is 29.6 Å². The zero-order chi connectivity index (χ0) is 26.9. The second kappa shape index (κ2) is 10.1. The minimum atomic E-state index is -4.49. The van der Waals surface area contributed by atoms with Crippen LogP contribution in [0.25, 0.3) is 11.3 Å². The molecule has 9 nitrogen and oxygen atoms in total. The number of nitrogens with zero attached hydrogens (tertiary/aromatic N) is 3. The van der Waals surface area contributed by atoms with E-state index < -0.39 is 23.6 Å². The van der Waals surface area contributed by atoms with Crippen molar-refractivity contribution < 1.29 is 36.9 Å². The van der Waals surface area contributed by atoms with Gasteiger partial charge in [-0.25, -0.2) is 9.78 Å². The highest BCUT2D eigenvalue weighted by atomic mass is 19.4. The van der Waals surface area contributed by atoms with Crippen LogP contribution in [0.15, 0.2) is 54.6 Å². The molecule has 2 amide bonds. The second-order valence-corrected chi connectivity index (χ2v) is 9.15. The Bertz CT molecular complexity index is 1330. The normalized spacial score (nSPS) is 18.4. The average Bonchev–Trinajstić information content (AvgIpc) is 3.25. The van der Waals surface area contributed by atoms with E-state index >= 15 is 0 Å². The Labute approximate surface area is 216 Å². The Morgan fingerprint density at radius 1 is 1.16 bits per heavy atom. The van der Waals surface area contributed by atoms with E-state index in [1.54, 1.807) is 30.3 Å². The number of fused-ring (bicyclic) bond motifs is 1. The van der Waals surface area contributed by atoms with Gasteiger partial charge in [0.2, 0.25) is 5.88 Å². The maximum atomic E-state index is 13.2. The molecule has 38 heavy (non-hydrogen) atoms. The van der Waals surface area contributed by atoms with E-state index in [2.05, 4.69) is 15.3 Å². The van der Waals surface area contributed by atoms with E-state index in [4.69, 9.17) is 18.9 Å². The van der Waals surface area contributed by atoms with Crippen LogP contribution in [0, 0.1) is 0 Å². The molecule has 12 heteroatoms. The lowest BCUT2D eigenvalue weighted by atomic mass is 10.1. The highest BCUT2D eigenvalue weighted by Crippen LogP contribution is 2.35. The molecule has 3 aromatic rings. The number of hydrogen-bond acceptors (Lipinski definition) is 7. The summed E-state index contributed by atoms with van der Waals surface area (Å²) in [5.41, 5.74) is -0.252. The molecule has 1 atom stereocenters. The van der Waals surface area contributed by atoms with Gasteiger partial charge < -0.3 is 18.9 Å². The van der Waals surface area contributed by atoms with Crippen LogP contribution in [0.1, 0.15) is 19.4 Å². The third-order valence-electron chi connectivity index (χ3n) is 5.84. The Balaban J connectivity index is 1.30. The summed E-state index contributed by atoms with van der Waals surface area (Å²) in [7, 11) is 0. The zero-order valence-corrected chi connectivity index (χ0v) is 20.6. The number of halogens is 3. The van der Waals surface area contributed by atoms with Gasteiger partial charge in [0.1, 0.15) is 25.1 Å². The summed E-state index contributed by atoms with van der Waals surface area (Å²) in [6.07, 6.45) is -4.73. The minimum absolute atomic E-state index is 0.183. The number of pyridine rings is 2. The summed E-state index contributed by atoms with van der Waals surface area (Å²) >= 11 is 0. The third-order valence-corrected chi connectivity index (χ3v) is 5.84. The van der Waals surface area contributed by atoms with Crippen molar-refractivity contribution in [3.63, 3.8) is 0 Å². The van der Waals surface area contributed by atoms with Crippen molar-refractivity contribution in [2.45, 2.75) is 31.9 Å². The Morgan fingerprint density at radius 2 is 1.97 bits per heavy atom. The highest BCUT2D eigenvalue weighted by Gasteiger charge is 2.33. The monoisotopic (exact) mass is 530 g/mol.